The molecule has 1 fully saturated rings. The number of hydrogen-bond acceptors (Lipinski definition) is 4. The molecule has 1 aromatic rings. The van der Waals surface area contributed by atoms with Gasteiger partial charge in [0.15, 0.2) is 0 Å². The number of nitrogens with one attached hydrogen (secondary N) is 1. The maximum absolute atomic E-state index is 12.4. The number of amidine groups is 1. The molecular weight excluding hydrogens is 326 g/mol. The third-order valence-corrected chi connectivity index (χ3v) is 5.68. The largest absolute Gasteiger partial charge is 0.342 e. The third kappa shape index (κ3) is 3.77. The van der Waals surface area contributed by atoms with Crippen molar-refractivity contribution in [2.45, 2.75) is 37.5 Å². The summed E-state index contributed by atoms with van der Waals surface area (Å²) in [6, 6.07) is 6.75. The number of fused-ring (bicyclic) bond motifs is 1. The van der Waals surface area contributed by atoms with E-state index in [1.807, 2.05) is 4.90 Å². The first kappa shape index (κ1) is 17.0. The molecule has 24 heavy (non-hydrogen) atoms. The van der Waals surface area contributed by atoms with Gasteiger partial charge in [-0.25, -0.2) is 8.42 Å². The maximum atomic E-state index is 12.4. The molecule has 0 unspecified atom stereocenters. The van der Waals surface area contributed by atoms with Crippen molar-refractivity contribution >= 4 is 21.8 Å². The van der Waals surface area contributed by atoms with Gasteiger partial charge in [-0.05, 0) is 37.3 Å². The second-order valence-corrected chi connectivity index (χ2v) is 8.02. The highest BCUT2D eigenvalue weighted by atomic mass is 32.2. The summed E-state index contributed by atoms with van der Waals surface area (Å²) in [5.74, 6) is 1.10. The molecule has 0 aromatic heterocycles. The topological polar surface area (TPSA) is 78.8 Å². The molecule has 6 nitrogen and oxygen atoms in total. The van der Waals surface area contributed by atoms with Crippen LogP contribution in [0.1, 0.15) is 38.2 Å². The summed E-state index contributed by atoms with van der Waals surface area (Å²) in [6.07, 6.45) is 3.68. The van der Waals surface area contributed by atoms with E-state index < -0.39 is 10.0 Å². The molecule has 3 rings (SSSR count). The third-order valence-electron chi connectivity index (χ3n) is 4.28. The minimum atomic E-state index is -3.51. The van der Waals surface area contributed by atoms with Crippen molar-refractivity contribution < 1.29 is 13.2 Å². The van der Waals surface area contributed by atoms with Crippen LogP contribution in [-0.2, 0) is 14.8 Å². The number of rotatable bonds is 7. The summed E-state index contributed by atoms with van der Waals surface area (Å²) in [5.41, 5.74) is 0.577. The molecule has 1 amide bonds. The quantitative estimate of drug-likeness (QED) is 0.815. The van der Waals surface area contributed by atoms with Gasteiger partial charge in [0, 0.05) is 25.1 Å². The van der Waals surface area contributed by atoms with Gasteiger partial charge in [-0.3, -0.25) is 14.5 Å². The van der Waals surface area contributed by atoms with Crippen molar-refractivity contribution in [3.63, 3.8) is 0 Å². The first-order chi connectivity index (χ1) is 11.5. The summed E-state index contributed by atoms with van der Waals surface area (Å²) in [7, 11) is -3.51. The Kier molecular flexibility index (Phi) is 4.89. The molecule has 0 saturated heterocycles. The van der Waals surface area contributed by atoms with Crippen molar-refractivity contribution in [2.75, 3.05) is 19.6 Å². The molecule has 1 aliphatic carbocycles. The molecular formula is C17H23N3O3S. The number of benzene rings is 1. The van der Waals surface area contributed by atoms with E-state index in [4.69, 9.17) is 0 Å². The number of carbonyl (C=O) groups is 1. The van der Waals surface area contributed by atoms with E-state index in [-0.39, 0.29) is 17.3 Å². The normalized spacial score (nSPS) is 19.8. The SMILES string of the molecule is CCCN(CC1CC1)C(=O)CCN=C1NS(=O)(=O)c2ccccc21. The number of nitrogens with zero attached hydrogens (tertiary/aromatic N) is 2. The average Bonchev–Trinajstić information content (AvgIpc) is 3.33. The van der Waals surface area contributed by atoms with Gasteiger partial charge in [0.2, 0.25) is 5.91 Å². The van der Waals surface area contributed by atoms with Crippen molar-refractivity contribution in [1.29, 1.82) is 0 Å². The van der Waals surface area contributed by atoms with Gasteiger partial charge < -0.3 is 4.90 Å². The van der Waals surface area contributed by atoms with Crippen LogP contribution in [0.15, 0.2) is 34.2 Å². The molecule has 1 aliphatic heterocycles. The molecule has 1 saturated carbocycles. The van der Waals surface area contributed by atoms with Crippen molar-refractivity contribution in [1.82, 2.24) is 9.62 Å². The highest BCUT2D eigenvalue weighted by molar-refractivity contribution is 7.90. The van der Waals surface area contributed by atoms with Crippen LogP contribution in [-0.4, -0.2) is 44.7 Å². The molecule has 0 radical (unpaired) electrons. The van der Waals surface area contributed by atoms with Crippen LogP contribution in [0.4, 0.5) is 0 Å². The fourth-order valence-electron chi connectivity index (χ4n) is 2.87. The second-order valence-electron chi connectivity index (χ2n) is 6.37. The lowest BCUT2D eigenvalue weighted by molar-refractivity contribution is -0.131. The highest BCUT2D eigenvalue weighted by Crippen LogP contribution is 2.30. The van der Waals surface area contributed by atoms with Gasteiger partial charge in [0.05, 0.1) is 11.4 Å². The monoisotopic (exact) mass is 349 g/mol. The zero-order chi connectivity index (χ0) is 17.2. The predicted molar refractivity (Wildman–Crippen MR) is 92.4 cm³/mol. The van der Waals surface area contributed by atoms with Crippen molar-refractivity contribution in [3.8, 4) is 0 Å². The Morgan fingerprint density at radius 2 is 2.08 bits per heavy atom. The van der Waals surface area contributed by atoms with Crippen molar-refractivity contribution in [3.05, 3.63) is 29.8 Å². The predicted octanol–water partition coefficient (Wildman–Crippen LogP) is 1.76. The zero-order valence-corrected chi connectivity index (χ0v) is 14.7. The first-order valence-corrected chi connectivity index (χ1v) is 9.94. The number of aliphatic imine (C=N–C) groups is 1. The zero-order valence-electron chi connectivity index (χ0n) is 13.9. The van der Waals surface area contributed by atoms with Crippen LogP contribution >= 0.6 is 0 Å². The van der Waals surface area contributed by atoms with Gasteiger partial charge in [-0.2, -0.15) is 0 Å². The number of amides is 1. The molecule has 7 heteroatoms. The van der Waals surface area contributed by atoms with E-state index in [2.05, 4.69) is 16.6 Å². The lowest BCUT2D eigenvalue weighted by Crippen LogP contribution is -2.34. The van der Waals surface area contributed by atoms with Crippen LogP contribution in [0.5, 0.6) is 0 Å². The van der Waals surface area contributed by atoms with Gasteiger partial charge in [-0.15, -0.1) is 0 Å². The van der Waals surface area contributed by atoms with Crippen LogP contribution in [0.3, 0.4) is 0 Å². The highest BCUT2D eigenvalue weighted by Gasteiger charge is 2.30. The Morgan fingerprint density at radius 3 is 2.79 bits per heavy atom. The number of sulfonamides is 1. The summed E-state index contributed by atoms with van der Waals surface area (Å²) in [5, 5.41) is 0. The van der Waals surface area contributed by atoms with Gasteiger partial charge in [0.25, 0.3) is 10.0 Å². The summed E-state index contributed by atoms with van der Waals surface area (Å²) >= 11 is 0. The standard InChI is InChI=1S/C17H23N3O3S/c1-2-11-20(12-13-7-8-13)16(21)9-10-18-17-14-5-3-4-6-15(14)24(22,23)19-17/h3-6,13H,2,7-12H2,1H3,(H,18,19). The summed E-state index contributed by atoms with van der Waals surface area (Å²) < 4.78 is 26.5. The van der Waals surface area contributed by atoms with Crippen LogP contribution in [0.2, 0.25) is 0 Å². The minimum Gasteiger partial charge on any atom is -0.342 e. The van der Waals surface area contributed by atoms with Crippen LogP contribution in [0.25, 0.3) is 0 Å². The lowest BCUT2D eigenvalue weighted by Gasteiger charge is -2.21. The Balaban J connectivity index is 1.63. The van der Waals surface area contributed by atoms with E-state index in [0.717, 1.165) is 19.5 Å². The second kappa shape index (κ2) is 6.93. The molecule has 1 aromatic carbocycles. The van der Waals surface area contributed by atoms with E-state index >= 15 is 0 Å². The first-order valence-electron chi connectivity index (χ1n) is 8.45. The molecule has 0 bridgehead atoms. The fourth-order valence-corrected chi connectivity index (χ4v) is 4.12. The van der Waals surface area contributed by atoms with Crippen molar-refractivity contribution in [2.24, 2.45) is 10.9 Å². The maximum Gasteiger partial charge on any atom is 0.263 e. The minimum absolute atomic E-state index is 0.0993. The van der Waals surface area contributed by atoms with E-state index in [0.29, 0.717) is 23.7 Å². The number of carbonyl (C=O) groups excluding carboxylic acids is 1. The Morgan fingerprint density at radius 1 is 1.33 bits per heavy atom. The van der Waals surface area contributed by atoms with E-state index in [1.54, 1.807) is 24.3 Å². The smallest absolute Gasteiger partial charge is 0.263 e. The lowest BCUT2D eigenvalue weighted by atomic mass is 10.2. The Bertz CT molecular complexity index is 754. The van der Waals surface area contributed by atoms with E-state index in [1.165, 1.54) is 12.8 Å². The Hall–Kier alpha value is -1.89. The molecule has 0 spiro atoms. The van der Waals surface area contributed by atoms with Crippen LogP contribution in [0, 0.1) is 5.92 Å². The number of hydrogen-bond donors (Lipinski definition) is 1. The molecule has 2 aliphatic rings. The summed E-state index contributed by atoms with van der Waals surface area (Å²) in [6.45, 7) is 3.98. The molecule has 1 N–H and O–H groups in total. The summed E-state index contributed by atoms with van der Waals surface area (Å²) in [4.78, 5) is 18.8. The van der Waals surface area contributed by atoms with Gasteiger partial charge in [0.1, 0.15) is 5.84 Å². The average molecular weight is 349 g/mol. The molecule has 130 valence electrons. The van der Waals surface area contributed by atoms with Gasteiger partial charge >= 0.3 is 0 Å². The van der Waals surface area contributed by atoms with E-state index in [9.17, 15) is 13.2 Å². The van der Waals surface area contributed by atoms with Gasteiger partial charge in [-0.1, -0.05) is 19.1 Å². The molecule has 1 heterocycles. The van der Waals surface area contributed by atoms with Crippen LogP contribution < -0.4 is 4.72 Å². The fraction of sp³-hybridized carbons (Fsp3) is 0.529. The Labute approximate surface area is 143 Å². The molecule has 0 atom stereocenters.